The van der Waals surface area contributed by atoms with Crippen molar-refractivity contribution in [2.45, 2.75) is 50.9 Å². The number of hydrogen-bond acceptors (Lipinski definition) is 3. The molecule has 2 aliphatic heterocycles. The number of amides is 3. The first-order valence-electron chi connectivity index (χ1n) is 10.5. The molecule has 1 N–H and O–H groups in total. The van der Waals surface area contributed by atoms with E-state index in [9.17, 15) is 14.4 Å². The molecule has 1 aliphatic carbocycles. The predicted octanol–water partition coefficient (Wildman–Crippen LogP) is 2.46. The van der Waals surface area contributed by atoms with Crippen LogP contribution in [-0.4, -0.2) is 49.3 Å². The van der Waals surface area contributed by atoms with E-state index < -0.39 is 5.41 Å². The number of carbonyl (C=O) groups is 3. The Hall–Kier alpha value is -2.37. The van der Waals surface area contributed by atoms with Gasteiger partial charge in [-0.25, -0.2) is 0 Å². The number of rotatable bonds is 4. The van der Waals surface area contributed by atoms with Crippen molar-refractivity contribution in [1.29, 1.82) is 0 Å². The molecule has 0 atom stereocenters. The zero-order valence-electron chi connectivity index (χ0n) is 16.8. The van der Waals surface area contributed by atoms with E-state index in [1.807, 2.05) is 24.0 Å². The summed E-state index contributed by atoms with van der Waals surface area (Å²) in [5.74, 6) is 0.439. The fraction of sp³-hybridized carbons (Fsp3) is 0.591. The molecule has 3 aliphatic rings. The molecule has 1 saturated carbocycles. The normalized spacial score (nSPS) is 20.9. The molecular formula is C22H29N3O3. The van der Waals surface area contributed by atoms with Gasteiger partial charge in [-0.1, -0.05) is 13.3 Å². The Balaban J connectivity index is 1.58. The summed E-state index contributed by atoms with van der Waals surface area (Å²) in [4.78, 5) is 41.9. The van der Waals surface area contributed by atoms with E-state index in [-0.39, 0.29) is 23.6 Å². The first-order valence-corrected chi connectivity index (χ1v) is 10.5. The Morgan fingerprint density at radius 1 is 1.21 bits per heavy atom. The number of benzene rings is 1. The third kappa shape index (κ3) is 2.90. The van der Waals surface area contributed by atoms with Crippen molar-refractivity contribution in [1.82, 2.24) is 10.2 Å². The Bertz CT molecular complexity index is 807. The number of fused-ring (bicyclic) bond motifs is 2. The minimum absolute atomic E-state index is 0.0874. The molecule has 0 radical (unpaired) electrons. The number of nitrogens with zero attached hydrogens (tertiary/aromatic N) is 2. The van der Waals surface area contributed by atoms with Gasteiger partial charge in [0, 0.05) is 43.9 Å². The molecule has 150 valence electrons. The van der Waals surface area contributed by atoms with Crippen molar-refractivity contribution in [2.24, 2.45) is 5.92 Å². The van der Waals surface area contributed by atoms with Crippen molar-refractivity contribution < 1.29 is 14.4 Å². The van der Waals surface area contributed by atoms with Crippen molar-refractivity contribution >= 4 is 23.4 Å². The summed E-state index contributed by atoms with van der Waals surface area (Å²) in [5.41, 5.74) is 1.82. The van der Waals surface area contributed by atoms with E-state index in [1.165, 1.54) is 0 Å². The second-order valence-corrected chi connectivity index (χ2v) is 8.39. The molecule has 1 spiro atoms. The van der Waals surface area contributed by atoms with Gasteiger partial charge in [0.15, 0.2) is 0 Å². The molecule has 6 nitrogen and oxygen atoms in total. The molecule has 1 aromatic rings. The highest BCUT2D eigenvalue weighted by Crippen LogP contribution is 2.48. The quantitative estimate of drug-likeness (QED) is 0.868. The minimum atomic E-state index is -0.610. The maximum atomic E-state index is 13.2. The number of carbonyl (C=O) groups excluding carboxylic acids is 3. The van der Waals surface area contributed by atoms with Crippen molar-refractivity contribution in [2.75, 3.05) is 31.6 Å². The zero-order chi connectivity index (χ0) is 19.9. The molecule has 1 aromatic carbocycles. The van der Waals surface area contributed by atoms with Crippen LogP contribution in [0.2, 0.25) is 0 Å². The van der Waals surface area contributed by atoms with Gasteiger partial charge >= 0.3 is 0 Å². The molecule has 0 aromatic heterocycles. The summed E-state index contributed by atoms with van der Waals surface area (Å²) < 4.78 is 0. The molecular weight excluding hydrogens is 354 g/mol. The van der Waals surface area contributed by atoms with E-state index >= 15 is 0 Å². The lowest BCUT2D eigenvalue weighted by atomic mass is 9.72. The van der Waals surface area contributed by atoms with Crippen LogP contribution in [0.4, 0.5) is 5.69 Å². The SMILES string of the molecule is CCCNC(=O)c1ccc2c(c1)C1(CCN(C(=O)C3CCC3)CC1)C(=O)N2C. The average Bonchev–Trinajstić information content (AvgIpc) is 2.87. The van der Waals surface area contributed by atoms with Gasteiger partial charge in [0.25, 0.3) is 5.91 Å². The summed E-state index contributed by atoms with van der Waals surface area (Å²) in [6, 6.07) is 5.57. The number of nitrogens with one attached hydrogen (secondary N) is 1. The lowest BCUT2D eigenvalue weighted by Gasteiger charge is -2.40. The molecule has 28 heavy (non-hydrogen) atoms. The van der Waals surface area contributed by atoms with Crippen molar-refractivity contribution in [3.8, 4) is 0 Å². The lowest BCUT2D eigenvalue weighted by Crippen LogP contribution is -2.51. The van der Waals surface area contributed by atoms with Crippen LogP contribution in [-0.2, 0) is 15.0 Å². The molecule has 0 bridgehead atoms. The van der Waals surface area contributed by atoms with Crippen LogP contribution in [0.25, 0.3) is 0 Å². The number of likely N-dealkylation sites (tertiary alicyclic amines) is 1. The Labute approximate surface area is 166 Å². The van der Waals surface area contributed by atoms with Gasteiger partial charge in [0.1, 0.15) is 0 Å². The number of likely N-dealkylation sites (N-methyl/N-ethyl adjacent to an activating group) is 1. The maximum Gasteiger partial charge on any atom is 0.251 e. The van der Waals surface area contributed by atoms with E-state index in [4.69, 9.17) is 0 Å². The third-order valence-electron chi connectivity index (χ3n) is 6.77. The fourth-order valence-electron chi connectivity index (χ4n) is 4.74. The van der Waals surface area contributed by atoms with Crippen LogP contribution >= 0.6 is 0 Å². The molecule has 1 saturated heterocycles. The van der Waals surface area contributed by atoms with Crippen LogP contribution in [0.3, 0.4) is 0 Å². The van der Waals surface area contributed by atoms with Gasteiger partial charge in [0.05, 0.1) is 5.41 Å². The van der Waals surface area contributed by atoms with E-state index in [1.54, 1.807) is 18.0 Å². The highest BCUT2D eigenvalue weighted by Gasteiger charge is 2.52. The van der Waals surface area contributed by atoms with Crippen LogP contribution in [0, 0.1) is 5.92 Å². The Morgan fingerprint density at radius 2 is 1.93 bits per heavy atom. The molecule has 4 rings (SSSR count). The van der Waals surface area contributed by atoms with Crippen LogP contribution in [0.15, 0.2) is 18.2 Å². The van der Waals surface area contributed by atoms with E-state index in [0.29, 0.717) is 38.0 Å². The van der Waals surface area contributed by atoms with Gasteiger partial charge < -0.3 is 15.1 Å². The van der Waals surface area contributed by atoms with Crippen LogP contribution < -0.4 is 10.2 Å². The van der Waals surface area contributed by atoms with Gasteiger partial charge in [0.2, 0.25) is 11.8 Å². The topological polar surface area (TPSA) is 69.7 Å². The highest BCUT2D eigenvalue weighted by molar-refractivity contribution is 6.09. The standard InChI is InChI=1S/C22H29N3O3/c1-3-11-23-19(26)16-7-8-18-17(14-16)22(21(28)24(18)2)9-12-25(13-10-22)20(27)15-5-4-6-15/h7-8,14-15H,3-6,9-13H2,1-2H3,(H,23,26). The third-order valence-corrected chi connectivity index (χ3v) is 6.77. The van der Waals surface area contributed by atoms with Gasteiger partial charge in [-0.3, -0.25) is 14.4 Å². The Morgan fingerprint density at radius 3 is 2.54 bits per heavy atom. The summed E-state index contributed by atoms with van der Waals surface area (Å²) in [6.07, 6.45) is 5.28. The first-order chi connectivity index (χ1) is 13.5. The fourth-order valence-corrected chi connectivity index (χ4v) is 4.74. The largest absolute Gasteiger partial charge is 0.352 e. The van der Waals surface area contributed by atoms with Crippen molar-refractivity contribution in [3.05, 3.63) is 29.3 Å². The minimum Gasteiger partial charge on any atom is -0.352 e. The monoisotopic (exact) mass is 383 g/mol. The molecule has 2 fully saturated rings. The van der Waals surface area contributed by atoms with Crippen molar-refractivity contribution in [3.63, 3.8) is 0 Å². The maximum absolute atomic E-state index is 13.2. The van der Waals surface area contributed by atoms with Gasteiger partial charge in [-0.05, 0) is 55.9 Å². The number of anilines is 1. The molecule has 0 unspecified atom stereocenters. The second kappa shape index (κ2) is 7.22. The molecule has 2 heterocycles. The van der Waals surface area contributed by atoms with Gasteiger partial charge in [-0.2, -0.15) is 0 Å². The lowest BCUT2D eigenvalue weighted by molar-refractivity contribution is -0.141. The molecule has 6 heteroatoms. The van der Waals surface area contributed by atoms with E-state index in [2.05, 4.69) is 5.32 Å². The summed E-state index contributed by atoms with van der Waals surface area (Å²) in [5, 5.41) is 2.91. The molecule has 3 amide bonds. The summed E-state index contributed by atoms with van der Waals surface area (Å²) in [6.45, 7) is 3.88. The summed E-state index contributed by atoms with van der Waals surface area (Å²) >= 11 is 0. The second-order valence-electron chi connectivity index (χ2n) is 8.39. The van der Waals surface area contributed by atoms with Crippen LogP contribution in [0.1, 0.15) is 61.4 Å². The average molecular weight is 383 g/mol. The number of piperidine rings is 1. The van der Waals surface area contributed by atoms with Gasteiger partial charge in [-0.15, -0.1) is 0 Å². The first kappa shape index (κ1) is 19.0. The Kier molecular flexibility index (Phi) is 4.89. The number of hydrogen-bond donors (Lipinski definition) is 1. The van der Waals surface area contributed by atoms with E-state index in [0.717, 1.165) is 36.9 Å². The summed E-state index contributed by atoms with van der Waals surface area (Å²) in [7, 11) is 1.80. The highest BCUT2D eigenvalue weighted by atomic mass is 16.2. The smallest absolute Gasteiger partial charge is 0.251 e. The predicted molar refractivity (Wildman–Crippen MR) is 107 cm³/mol. The van der Waals surface area contributed by atoms with Crippen LogP contribution in [0.5, 0.6) is 0 Å². The zero-order valence-corrected chi connectivity index (χ0v) is 16.8.